The second kappa shape index (κ2) is 5.46. The molecule has 0 amide bonds. The molecule has 0 radical (unpaired) electrons. The molecule has 1 heterocycles. The quantitative estimate of drug-likeness (QED) is 0.895. The number of rotatable bonds is 3. The van der Waals surface area contributed by atoms with Crippen LogP contribution in [0.25, 0.3) is 11.3 Å². The van der Waals surface area contributed by atoms with Crippen LogP contribution in [0.2, 0.25) is 0 Å². The van der Waals surface area contributed by atoms with Gasteiger partial charge in [-0.1, -0.05) is 15.9 Å². The van der Waals surface area contributed by atoms with Crippen LogP contribution in [0, 0.1) is 6.92 Å². The van der Waals surface area contributed by atoms with E-state index in [1.54, 1.807) is 18.2 Å². The van der Waals surface area contributed by atoms with E-state index in [4.69, 9.17) is 4.74 Å². The number of aromatic nitrogens is 2. The lowest BCUT2D eigenvalue weighted by Gasteiger charge is -2.11. The molecule has 0 aliphatic heterocycles. The Labute approximate surface area is 122 Å². The summed E-state index contributed by atoms with van der Waals surface area (Å²) in [4.78, 5) is 29.1. The summed E-state index contributed by atoms with van der Waals surface area (Å²) in [5, 5.41) is 9.32. The van der Waals surface area contributed by atoms with Crippen molar-refractivity contribution in [1.82, 2.24) is 9.97 Å². The van der Waals surface area contributed by atoms with Crippen molar-refractivity contribution in [2.24, 2.45) is 0 Å². The number of halogens is 1. The fraction of sp³-hybridized carbons (Fsp3) is 0.154. The minimum Gasteiger partial charge on any atom is -0.496 e. The molecule has 7 heteroatoms. The number of nitrogens with zero attached hydrogens (tertiary/aromatic N) is 1. The number of nitrogens with one attached hydrogen (secondary N) is 1. The van der Waals surface area contributed by atoms with Crippen molar-refractivity contribution in [2.45, 2.75) is 6.92 Å². The molecular weight excluding hydrogens is 328 g/mol. The lowest BCUT2D eigenvalue weighted by Crippen LogP contribution is -2.18. The van der Waals surface area contributed by atoms with Crippen molar-refractivity contribution >= 4 is 21.9 Å². The van der Waals surface area contributed by atoms with Gasteiger partial charge in [0.25, 0.3) is 0 Å². The van der Waals surface area contributed by atoms with Gasteiger partial charge in [0.1, 0.15) is 11.3 Å². The number of carboxylic acids is 1. The smallest absolute Gasteiger partial charge is 0.345 e. The molecule has 0 aliphatic rings. The summed E-state index contributed by atoms with van der Waals surface area (Å²) in [6, 6.07) is 5.08. The normalized spacial score (nSPS) is 10.3. The Bertz CT molecular complexity index is 740. The summed E-state index contributed by atoms with van der Waals surface area (Å²) in [7, 11) is 1.47. The Morgan fingerprint density at radius 2 is 2.15 bits per heavy atom. The minimum atomic E-state index is -1.16. The number of aromatic amines is 1. The lowest BCUT2D eigenvalue weighted by atomic mass is 10.0. The predicted molar refractivity (Wildman–Crippen MR) is 76.2 cm³/mol. The number of aryl methyl sites for hydroxylation is 1. The standard InChI is InChI=1S/C13H11BrN2O4/c1-6-10(12(17)18)11(16-13(19)15-6)8-5-7(14)3-4-9(8)20-2/h3-5H,1-2H3,(H,17,18)(H,15,16,19). The Morgan fingerprint density at radius 3 is 2.75 bits per heavy atom. The van der Waals surface area contributed by atoms with E-state index in [9.17, 15) is 14.7 Å². The monoisotopic (exact) mass is 338 g/mol. The van der Waals surface area contributed by atoms with Crippen LogP contribution in [0.3, 0.4) is 0 Å². The highest BCUT2D eigenvalue weighted by atomic mass is 79.9. The first-order chi connectivity index (χ1) is 9.43. The van der Waals surface area contributed by atoms with Crippen LogP contribution in [0.5, 0.6) is 5.75 Å². The molecule has 2 aromatic rings. The molecule has 0 spiro atoms. The lowest BCUT2D eigenvalue weighted by molar-refractivity contribution is 0.0696. The van der Waals surface area contributed by atoms with Crippen molar-refractivity contribution in [1.29, 1.82) is 0 Å². The molecule has 6 nitrogen and oxygen atoms in total. The number of hydrogen-bond acceptors (Lipinski definition) is 4. The van der Waals surface area contributed by atoms with Crippen molar-refractivity contribution in [3.8, 4) is 17.0 Å². The minimum absolute atomic E-state index is 0.0546. The van der Waals surface area contributed by atoms with Gasteiger partial charge in [0.2, 0.25) is 0 Å². The van der Waals surface area contributed by atoms with E-state index < -0.39 is 11.7 Å². The highest BCUT2D eigenvalue weighted by molar-refractivity contribution is 9.10. The molecule has 0 saturated heterocycles. The first-order valence-corrected chi connectivity index (χ1v) is 6.41. The van der Waals surface area contributed by atoms with E-state index in [1.165, 1.54) is 14.0 Å². The number of ether oxygens (including phenoxy) is 1. The maximum absolute atomic E-state index is 11.5. The molecule has 2 N–H and O–H groups in total. The molecule has 0 fully saturated rings. The molecule has 0 bridgehead atoms. The Kier molecular flexibility index (Phi) is 3.89. The van der Waals surface area contributed by atoms with Gasteiger partial charge < -0.3 is 14.8 Å². The van der Waals surface area contributed by atoms with Gasteiger partial charge >= 0.3 is 11.7 Å². The molecule has 1 aromatic carbocycles. The summed E-state index contributed by atoms with van der Waals surface area (Å²) < 4.78 is 5.93. The zero-order chi connectivity index (χ0) is 14.9. The highest BCUT2D eigenvalue weighted by Gasteiger charge is 2.20. The fourth-order valence-electron chi connectivity index (χ4n) is 1.91. The van der Waals surface area contributed by atoms with Crippen LogP contribution in [0.1, 0.15) is 16.1 Å². The summed E-state index contributed by atoms with van der Waals surface area (Å²) in [6.45, 7) is 1.51. The molecule has 20 heavy (non-hydrogen) atoms. The number of carbonyl (C=O) groups is 1. The SMILES string of the molecule is COc1ccc(Br)cc1-c1nc(=O)[nH]c(C)c1C(=O)O. The molecule has 0 saturated carbocycles. The third-order valence-electron chi connectivity index (χ3n) is 2.75. The third kappa shape index (κ3) is 2.57. The first-order valence-electron chi connectivity index (χ1n) is 5.62. The van der Waals surface area contributed by atoms with Gasteiger partial charge in [-0.2, -0.15) is 4.98 Å². The Balaban J connectivity index is 2.85. The summed E-state index contributed by atoms with van der Waals surface area (Å²) in [5.41, 5.74) is 0.102. The summed E-state index contributed by atoms with van der Waals surface area (Å²) >= 11 is 3.30. The molecule has 0 atom stereocenters. The molecule has 2 rings (SSSR count). The van der Waals surface area contributed by atoms with Crippen molar-refractivity contribution in [2.75, 3.05) is 7.11 Å². The van der Waals surface area contributed by atoms with Crippen molar-refractivity contribution in [3.63, 3.8) is 0 Å². The number of carboxylic acid groups (broad SMARTS) is 1. The summed E-state index contributed by atoms with van der Waals surface area (Å²) in [5.74, 6) is -0.725. The van der Waals surface area contributed by atoms with Gasteiger partial charge in [0.05, 0.1) is 12.8 Å². The predicted octanol–water partition coefficient (Wildman–Crippen LogP) is 2.21. The van der Waals surface area contributed by atoms with E-state index in [-0.39, 0.29) is 17.0 Å². The number of methoxy groups -OCH3 is 1. The number of hydrogen-bond donors (Lipinski definition) is 2. The van der Waals surface area contributed by atoms with E-state index in [0.29, 0.717) is 11.3 Å². The topological polar surface area (TPSA) is 92.3 Å². The maximum Gasteiger partial charge on any atom is 0.345 e. The fourth-order valence-corrected chi connectivity index (χ4v) is 2.27. The molecule has 1 aromatic heterocycles. The molecular formula is C13H11BrN2O4. The Hall–Kier alpha value is -2.15. The molecule has 0 unspecified atom stereocenters. The van der Waals surface area contributed by atoms with Gasteiger partial charge in [-0.25, -0.2) is 9.59 Å². The molecule has 104 valence electrons. The second-order valence-corrected chi connectivity index (χ2v) is 4.96. The van der Waals surface area contributed by atoms with Crippen LogP contribution < -0.4 is 10.4 Å². The van der Waals surface area contributed by atoms with E-state index in [0.717, 1.165) is 4.47 Å². The van der Waals surface area contributed by atoms with Crippen LogP contribution in [0.15, 0.2) is 27.5 Å². The number of benzene rings is 1. The summed E-state index contributed by atoms with van der Waals surface area (Å²) in [6.07, 6.45) is 0. The zero-order valence-electron chi connectivity index (χ0n) is 10.7. The van der Waals surface area contributed by atoms with Gasteiger partial charge in [-0.05, 0) is 25.1 Å². The van der Waals surface area contributed by atoms with E-state index in [2.05, 4.69) is 25.9 Å². The van der Waals surface area contributed by atoms with Crippen LogP contribution in [-0.2, 0) is 0 Å². The van der Waals surface area contributed by atoms with Gasteiger partial charge in [0.15, 0.2) is 0 Å². The number of aromatic carboxylic acids is 1. The average molecular weight is 339 g/mol. The average Bonchev–Trinajstić information content (AvgIpc) is 2.37. The van der Waals surface area contributed by atoms with Crippen molar-refractivity contribution < 1.29 is 14.6 Å². The third-order valence-corrected chi connectivity index (χ3v) is 3.24. The van der Waals surface area contributed by atoms with Gasteiger partial charge in [-0.15, -0.1) is 0 Å². The van der Waals surface area contributed by atoms with Crippen LogP contribution in [-0.4, -0.2) is 28.2 Å². The number of H-pyrrole nitrogens is 1. The zero-order valence-corrected chi connectivity index (χ0v) is 12.3. The van der Waals surface area contributed by atoms with Gasteiger partial charge in [-0.3, -0.25) is 0 Å². The van der Waals surface area contributed by atoms with Crippen LogP contribution >= 0.6 is 15.9 Å². The van der Waals surface area contributed by atoms with Crippen molar-refractivity contribution in [3.05, 3.63) is 44.4 Å². The highest BCUT2D eigenvalue weighted by Crippen LogP contribution is 2.33. The van der Waals surface area contributed by atoms with E-state index in [1.807, 2.05) is 0 Å². The molecule has 0 aliphatic carbocycles. The Morgan fingerprint density at radius 1 is 1.45 bits per heavy atom. The first kappa shape index (κ1) is 14.3. The van der Waals surface area contributed by atoms with Gasteiger partial charge in [0, 0.05) is 15.7 Å². The van der Waals surface area contributed by atoms with E-state index >= 15 is 0 Å². The second-order valence-electron chi connectivity index (χ2n) is 4.04. The maximum atomic E-state index is 11.5. The largest absolute Gasteiger partial charge is 0.496 e. The van der Waals surface area contributed by atoms with Crippen LogP contribution in [0.4, 0.5) is 0 Å².